The van der Waals surface area contributed by atoms with Gasteiger partial charge in [0.15, 0.2) is 0 Å². The first-order chi connectivity index (χ1) is 8.72. The van der Waals surface area contributed by atoms with Crippen molar-refractivity contribution in [3.63, 3.8) is 0 Å². The molecule has 0 aliphatic heterocycles. The summed E-state index contributed by atoms with van der Waals surface area (Å²) >= 11 is 0. The van der Waals surface area contributed by atoms with Crippen molar-refractivity contribution in [2.45, 2.75) is 52.2 Å². The van der Waals surface area contributed by atoms with Crippen LogP contribution < -0.4 is 0 Å². The summed E-state index contributed by atoms with van der Waals surface area (Å²) in [6.07, 6.45) is 11.8. The molecule has 1 heterocycles. The smallest absolute Gasteiger partial charge is 0.0540 e. The monoisotopic (exact) mass is 247 g/mol. The minimum absolute atomic E-state index is 0.144. The molecule has 100 valence electrons. The maximum Gasteiger partial charge on any atom is 0.0540 e. The van der Waals surface area contributed by atoms with Gasteiger partial charge in [0.05, 0.1) is 6.10 Å². The van der Waals surface area contributed by atoms with Crippen molar-refractivity contribution in [3.8, 4) is 0 Å². The number of aryl methyl sites for hydroxylation is 1. The Morgan fingerprint density at radius 3 is 2.83 bits per heavy atom. The van der Waals surface area contributed by atoms with Crippen molar-refractivity contribution in [3.05, 3.63) is 36.2 Å². The molecular weight excluding hydrogens is 222 g/mol. The Labute approximate surface area is 111 Å². The van der Waals surface area contributed by atoms with Crippen LogP contribution in [0, 0.1) is 0 Å². The van der Waals surface area contributed by atoms with E-state index >= 15 is 0 Å². The van der Waals surface area contributed by atoms with E-state index in [2.05, 4.69) is 36.4 Å². The van der Waals surface area contributed by atoms with E-state index in [1.54, 1.807) is 0 Å². The average molecular weight is 247 g/mol. The van der Waals surface area contributed by atoms with E-state index in [1.165, 1.54) is 11.3 Å². The molecule has 1 rings (SSSR count). The largest absolute Gasteiger partial charge is 0.393 e. The maximum atomic E-state index is 9.71. The quantitative estimate of drug-likeness (QED) is 0.735. The molecule has 0 saturated carbocycles. The molecule has 2 heteroatoms. The molecule has 0 saturated heterocycles. The third-order valence-corrected chi connectivity index (χ3v) is 3.14. The van der Waals surface area contributed by atoms with Gasteiger partial charge in [-0.2, -0.15) is 0 Å². The van der Waals surface area contributed by atoms with E-state index in [0.29, 0.717) is 0 Å². The molecule has 1 aromatic rings. The second-order valence-corrected chi connectivity index (χ2v) is 4.64. The van der Waals surface area contributed by atoms with E-state index in [9.17, 15) is 5.11 Å². The number of allylic oxidation sites excluding steroid dienone is 1. The van der Waals surface area contributed by atoms with Crippen LogP contribution in [0.3, 0.4) is 0 Å². The van der Waals surface area contributed by atoms with Crippen molar-refractivity contribution in [2.24, 2.45) is 0 Å². The lowest BCUT2D eigenvalue weighted by Gasteiger charge is -2.11. The molecule has 1 unspecified atom stereocenters. The Bertz CT molecular complexity index is 390. The zero-order valence-electron chi connectivity index (χ0n) is 11.6. The lowest BCUT2D eigenvalue weighted by Crippen LogP contribution is -2.08. The van der Waals surface area contributed by atoms with Gasteiger partial charge in [0.1, 0.15) is 0 Å². The molecule has 0 spiro atoms. The Hall–Kier alpha value is -1.28. The summed E-state index contributed by atoms with van der Waals surface area (Å²) in [5.41, 5.74) is 2.37. The minimum atomic E-state index is -0.144. The average Bonchev–Trinajstić information content (AvgIpc) is 2.73. The van der Waals surface area contributed by atoms with E-state index in [0.717, 1.165) is 32.2 Å². The van der Waals surface area contributed by atoms with E-state index in [-0.39, 0.29) is 6.10 Å². The highest BCUT2D eigenvalue weighted by Gasteiger charge is 2.05. The summed E-state index contributed by atoms with van der Waals surface area (Å²) in [5, 5.41) is 9.71. The van der Waals surface area contributed by atoms with Crippen LogP contribution in [-0.2, 0) is 6.54 Å². The topological polar surface area (TPSA) is 25.2 Å². The molecular formula is C16H25NO. The first-order valence-corrected chi connectivity index (χ1v) is 6.85. The Balaban J connectivity index is 2.56. The first kappa shape index (κ1) is 14.8. The number of aliphatic hydroxyl groups excluding tert-OH is 1. The van der Waals surface area contributed by atoms with Crippen molar-refractivity contribution < 1.29 is 5.11 Å². The molecule has 1 N–H and O–H groups in total. The van der Waals surface area contributed by atoms with Crippen LogP contribution in [0.25, 0.3) is 12.2 Å². The van der Waals surface area contributed by atoms with E-state index < -0.39 is 0 Å². The lowest BCUT2D eigenvalue weighted by atomic mass is 10.1. The summed E-state index contributed by atoms with van der Waals surface area (Å²) < 4.78 is 2.23. The van der Waals surface area contributed by atoms with Crippen LogP contribution in [0.1, 0.15) is 50.8 Å². The predicted octanol–water partition coefficient (Wildman–Crippen LogP) is 4.11. The van der Waals surface area contributed by atoms with Crippen molar-refractivity contribution >= 4 is 12.2 Å². The number of rotatable bonds is 8. The van der Waals surface area contributed by atoms with Crippen LogP contribution in [0.15, 0.2) is 24.9 Å². The number of hydrogen-bond donors (Lipinski definition) is 1. The third kappa shape index (κ3) is 4.19. The Morgan fingerprint density at radius 1 is 1.44 bits per heavy atom. The fourth-order valence-corrected chi connectivity index (χ4v) is 2.19. The van der Waals surface area contributed by atoms with Crippen molar-refractivity contribution in [1.82, 2.24) is 4.57 Å². The van der Waals surface area contributed by atoms with Gasteiger partial charge in [0.2, 0.25) is 0 Å². The highest BCUT2D eigenvalue weighted by Crippen LogP contribution is 2.16. The summed E-state index contributed by atoms with van der Waals surface area (Å²) in [6, 6.07) is 2.09. The van der Waals surface area contributed by atoms with Crippen LogP contribution in [0.2, 0.25) is 0 Å². The molecule has 0 amide bonds. The van der Waals surface area contributed by atoms with Crippen LogP contribution in [0.5, 0.6) is 0 Å². The zero-order chi connectivity index (χ0) is 13.4. The molecule has 0 aliphatic rings. The van der Waals surface area contributed by atoms with Crippen LogP contribution >= 0.6 is 0 Å². The fourth-order valence-electron chi connectivity index (χ4n) is 2.19. The minimum Gasteiger partial charge on any atom is -0.393 e. The molecule has 0 aliphatic carbocycles. The maximum absolute atomic E-state index is 9.71. The van der Waals surface area contributed by atoms with Crippen molar-refractivity contribution in [1.29, 1.82) is 0 Å². The first-order valence-electron chi connectivity index (χ1n) is 6.85. The molecule has 1 atom stereocenters. The standard InChI is InChI=1S/C16H25NO/c1-4-8-15(18)10-7-12-17-13-11-14(6-3)16(17)9-5-2/h5-6,9,11,13,15,18H,3-4,7-8,10,12H2,1-2H3/b9-5-. The lowest BCUT2D eigenvalue weighted by molar-refractivity contribution is 0.149. The van der Waals surface area contributed by atoms with E-state index in [1.807, 2.05) is 19.1 Å². The molecule has 1 aromatic heterocycles. The van der Waals surface area contributed by atoms with Crippen molar-refractivity contribution in [2.75, 3.05) is 0 Å². The molecule has 0 bridgehead atoms. The second-order valence-electron chi connectivity index (χ2n) is 4.64. The highest BCUT2D eigenvalue weighted by atomic mass is 16.3. The zero-order valence-corrected chi connectivity index (χ0v) is 11.6. The van der Waals surface area contributed by atoms with Gasteiger partial charge < -0.3 is 9.67 Å². The number of nitrogens with zero attached hydrogens (tertiary/aromatic N) is 1. The van der Waals surface area contributed by atoms with Gasteiger partial charge in [-0.05, 0) is 43.9 Å². The fraction of sp³-hybridized carbons (Fsp3) is 0.500. The number of hydrogen-bond acceptors (Lipinski definition) is 1. The molecule has 0 aromatic carbocycles. The Kier molecular flexibility index (Phi) is 6.51. The Morgan fingerprint density at radius 2 is 2.22 bits per heavy atom. The van der Waals surface area contributed by atoms with Crippen LogP contribution in [-0.4, -0.2) is 15.8 Å². The van der Waals surface area contributed by atoms with Gasteiger partial charge in [-0.25, -0.2) is 0 Å². The second kappa shape index (κ2) is 7.93. The third-order valence-electron chi connectivity index (χ3n) is 3.14. The summed E-state index contributed by atoms with van der Waals surface area (Å²) in [6.45, 7) is 8.92. The van der Waals surface area contributed by atoms with E-state index in [4.69, 9.17) is 0 Å². The number of aromatic nitrogens is 1. The van der Waals surface area contributed by atoms with Gasteiger partial charge >= 0.3 is 0 Å². The summed E-state index contributed by atoms with van der Waals surface area (Å²) in [4.78, 5) is 0. The normalized spacial score (nSPS) is 13.1. The summed E-state index contributed by atoms with van der Waals surface area (Å²) in [5.74, 6) is 0. The molecule has 0 radical (unpaired) electrons. The predicted molar refractivity (Wildman–Crippen MR) is 79.4 cm³/mol. The molecule has 0 fully saturated rings. The van der Waals surface area contributed by atoms with Gasteiger partial charge in [0, 0.05) is 18.4 Å². The summed E-state index contributed by atoms with van der Waals surface area (Å²) in [7, 11) is 0. The SMILES string of the molecule is C=Cc1ccn(CCCC(O)CCC)c1/C=C\C. The van der Waals surface area contributed by atoms with Gasteiger partial charge in [0.25, 0.3) is 0 Å². The van der Waals surface area contributed by atoms with Gasteiger partial charge in [-0.3, -0.25) is 0 Å². The van der Waals surface area contributed by atoms with Gasteiger partial charge in [-0.15, -0.1) is 0 Å². The number of aliphatic hydroxyl groups is 1. The van der Waals surface area contributed by atoms with Crippen LogP contribution in [0.4, 0.5) is 0 Å². The van der Waals surface area contributed by atoms with Gasteiger partial charge in [-0.1, -0.05) is 32.1 Å². The molecule has 18 heavy (non-hydrogen) atoms. The highest BCUT2D eigenvalue weighted by molar-refractivity contribution is 5.62. The molecule has 2 nitrogen and oxygen atoms in total.